The van der Waals surface area contributed by atoms with Crippen LogP contribution in [0, 0.1) is 20.8 Å². The lowest BCUT2D eigenvalue weighted by molar-refractivity contribution is 0.478. The van der Waals surface area contributed by atoms with E-state index >= 15 is 0 Å². The maximum absolute atomic E-state index is 12.9. The van der Waals surface area contributed by atoms with Crippen molar-refractivity contribution in [3.63, 3.8) is 0 Å². The maximum atomic E-state index is 12.9. The zero-order valence-corrected chi connectivity index (χ0v) is 16.9. The smallest absolute Gasteiger partial charge is 0.299 e. The van der Waals surface area contributed by atoms with Crippen molar-refractivity contribution in [2.24, 2.45) is 10.2 Å². The number of hydrogen-bond donors (Lipinski definition) is 2. The normalized spacial score (nSPS) is 11.3. The second-order valence-corrected chi connectivity index (χ2v) is 7.11. The molecule has 0 aliphatic carbocycles. The molecule has 2 N–H and O–H groups in total. The number of nitrogens with one attached hydrogen (secondary N) is 1. The minimum absolute atomic E-state index is 0.0167. The molecule has 7 heteroatoms. The van der Waals surface area contributed by atoms with Gasteiger partial charge < -0.3 is 5.11 Å². The Morgan fingerprint density at radius 1 is 1.00 bits per heavy atom. The predicted molar refractivity (Wildman–Crippen MR) is 116 cm³/mol. The third-order valence-corrected chi connectivity index (χ3v) is 5.03. The van der Waals surface area contributed by atoms with Crippen molar-refractivity contribution in [2.75, 3.05) is 0 Å². The van der Waals surface area contributed by atoms with Gasteiger partial charge in [-0.05, 0) is 56.2 Å². The van der Waals surface area contributed by atoms with Crippen LogP contribution in [0.25, 0.3) is 16.8 Å². The Labute approximate surface area is 173 Å². The zero-order valence-electron chi connectivity index (χ0n) is 16.9. The minimum Gasteiger partial charge on any atom is -0.505 e. The van der Waals surface area contributed by atoms with E-state index < -0.39 is 0 Å². The highest BCUT2D eigenvalue weighted by molar-refractivity contribution is 5.75. The number of phenols is 1. The monoisotopic (exact) mass is 399 g/mol. The summed E-state index contributed by atoms with van der Waals surface area (Å²) in [7, 11) is 0. The first kappa shape index (κ1) is 19.3. The van der Waals surface area contributed by atoms with Crippen molar-refractivity contribution in [1.29, 1.82) is 0 Å². The van der Waals surface area contributed by atoms with E-state index in [9.17, 15) is 9.90 Å². The number of phenolic OH excluding ortho intramolecular Hbond substituents is 1. The molecule has 0 aliphatic rings. The summed E-state index contributed by atoms with van der Waals surface area (Å²) in [5.74, 6) is -0.0167. The molecule has 7 nitrogen and oxygen atoms in total. The van der Waals surface area contributed by atoms with Crippen molar-refractivity contribution >= 4 is 11.4 Å². The standard InChI is InChI=1S/C23H21N5O2/c1-14-9-10-18(12-15(14)2)28-23(30)21(16(3)27-28)26-25-20-8-4-7-19(22(20)29)17-6-5-11-24-13-17/h4-13,27,29H,1-3H3. The number of nitrogens with zero attached hydrogens (tertiary/aromatic N) is 4. The average Bonchev–Trinajstić information content (AvgIpc) is 3.03. The zero-order chi connectivity index (χ0) is 21.3. The van der Waals surface area contributed by atoms with Gasteiger partial charge in [-0.1, -0.05) is 24.3 Å². The van der Waals surface area contributed by atoms with Crippen LogP contribution in [0.4, 0.5) is 11.4 Å². The molecule has 0 saturated carbocycles. The average molecular weight is 399 g/mol. The minimum atomic E-state index is -0.303. The molecular formula is C23H21N5O2. The van der Waals surface area contributed by atoms with Gasteiger partial charge in [0.1, 0.15) is 5.69 Å². The van der Waals surface area contributed by atoms with Crippen LogP contribution in [0.2, 0.25) is 0 Å². The molecule has 0 spiro atoms. The molecule has 0 radical (unpaired) electrons. The number of aromatic nitrogens is 3. The number of hydrogen-bond acceptors (Lipinski definition) is 5. The molecule has 0 atom stereocenters. The number of para-hydroxylation sites is 1. The number of aromatic hydroxyl groups is 1. The molecule has 4 rings (SSSR count). The van der Waals surface area contributed by atoms with Crippen molar-refractivity contribution in [3.8, 4) is 22.6 Å². The van der Waals surface area contributed by atoms with Crippen molar-refractivity contribution < 1.29 is 5.11 Å². The fourth-order valence-electron chi connectivity index (χ4n) is 3.17. The Hall–Kier alpha value is -4.00. The third-order valence-electron chi connectivity index (χ3n) is 5.03. The Morgan fingerprint density at radius 2 is 1.83 bits per heavy atom. The fraction of sp³-hybridized carbons (Fsp3) is 0.130. The number of H-pyrrole nitrogens is 1. The molecule has 30 heavy (non-hydrogen) atoms. The quantitative estimate of drug-likeness (QED) is 0.457. The van der Waals surface area contributed by atoms with Gasteiger partial charge in [0.05, 0.1) is 11.4 Å². The number of rotatable bonds is 4. The van der Waals surface area contributed by atoms with Gasteiger partial charge in [0.2, 0.25) is 0 Å². The summed E-state index contributed by atoms with van der Waals surface area (Å²) in [6.07, 6.45) is 3.33. The largest absolute Gasteiger partial charge is 0.505 e. The van der Waals surface area contributed by atoms with Crippen LogP contribution in [0.15, 0.2) is 75.9 Å². The molecule has 0 bridgehead atoms. The molecule has 2 heterocycles. The second kappa shape index (κ2) is 7.79. The van der Waals surface area contributed by atoms with Crippen molar-refractivity contribution in [3.05, 3.63) is 88.1 Å². The molecule has 0 amide bonds. The van der Waals surface area contributed by atoms with E-state index in [-0.39, 0.29) is 22.7 Å². The highest BCUT2D eigenvalue weighted by Crippen LogP contribution is 2.37. The van der Waals surface area contributed by atoms with Gasteiger partial charge in [-0.25, -0.2) is 4.68 Å². The first-order valence-corrected chi connectivity index (χ1v) is 9.49. The van der Waals surface area contributed by atoms with E-state index in [1.165, 1.54) is 4.68 Å². The summed E-state index contributed by atoms with van der Waals surface area (Å²) in [4.78, 5) is 17.0. The summed E-state index contributed by atoms with van der Waals surface area (Å²) in [5.41, 5.74) is 5.08. The van der Waals surface area contributed by atoms with Crippen LogP contribution in [-0.2, 0) is 0 Å². The van der Waals surface area contributed by atoms with Crippen LogP contribution in [0.3, 0.4) is 0 Å². The van der Waals surface area contributed by atoms with Gasteiger partial charge >= 0.3 is 0 Å². The van der Waals surface area contributed by atoms with Gasteiger partial charge in [0.25, 0.3) is 5.56 Å². The van der Waals surface area contributed by atoms with E-state index in [0.29, 0.717) is 11.3 Å². The molecule has 0 unspecified atom stereocenters. The van der Waals surface area contributed by atoms with Gasteiger partial charge in [0.15, 0.2) is 11.4 Å². The topological polar surface area (TPSA) is 95.6 Å². The van der Waals surface area contributed by atoms with Gasteiger partial charge in [-0.3, -0.25) is 14.9 Å². The highest BCUT2D eigenvalue weighted by atomic mass is 16.3. The molecule has 2 aromatic heterocycles. The summed E-state index contributed by atoms with van der Waals surface area (Å²) in [6, 6.07) is 14.6. The van der Waals surface area contributed by atoms with Crippen molar-refractivity contribution in [2.45, 2.75) is 20.8 Å². The Morgan fingerprint density at radius 3 is 2.57 bits per heavy atom. The summed E-state index contributed by atoms with van der Waals surface area (Å²) in [6.45, 7) is 5.78. The first-order valence-electron chi connectivity index (χ1n) is 9.49. The van der Waals surface area contributed by atoms with Gasteiger partial charge in [0, 0.05) is 23.5 Å². The van der Waals surface area contributed by atoms with E-state index in [1.54, 1.807) is 43.6 Å². The molecule has 0 aliphatic heterocycles. The van der Waals surface area contributed by atoms with Crippen LogP contribution >= 0.6 is 0 Å². The SMILES string of the molecule is Cc1ccc(-n2[nH]c(C)c(N=Nc3cccc(-c4cccnc4)c3O)c2=O)cc1C. The Bertz CT molecular complexity index is 1300. The van der Waals surface area contributed by atoms with E-state index in [0.717, 1.165) is 22.4 Å². The number of azo groups is 1. The highest BCUT2D eigenvalue weighted by Gasteiger charge is 2.14. The van der Waals surface area contributed by atoms with Crippen LogP contribution in [0.1, 0.15) is 16.8 Å². The fourth-order valence-corrected chi connectivity index (χ4v) is 3.17. The predicted octanol–water partition coefficient (Wildman–Crippen LogP) is 5.27. The van der Waals surface area contributed by atoms with Crippen molar-refractivity contribution in [1.82, 2.24) is 14.8 Å². The van der Waals surface area contributed by atoms with Crippen LogP contribution in [-0.4, -0.2) is 19.9 Å². The lowest BCUT2D eigenvalue weighted by Gasteiger charge is -2.05. The molecule has 150 valence electrons. The number of aromatic amines is 1. The second-order valence-electron chi connectivity index (χ2n) is 7.11. The molecule has 0 fully saturated rings. The lowest BCUT2D eigenvalue weighted by atomic mass is 10.1. The molecular weight excluding hydrogens is 378 g/mol. The number of aryl methyl sites for hydroxylation is 3. The van der Waals surface area contributed by atoms with Crippen LogP contribution in [0.5, 0.6) is 5.75 Å². The molecule has 0 saturated heterocycles. The number of benzene rings is 2. The summed E-state index contributed by atoms with van der Waals surface area (Å²) in [5, 5.41) is 22.0. The summed E-state index contributed by atoms with van der Waals surface area (Å²) < 4.78 is 1.45. The Balaban J connectivity index is 1.71. The maximum Gasteiger partial charge on any atom is 0.299 e. The van der Waals surface area contributed by atoms with Gasteiger partial charge in [-0.2, -0.15) is 0 Å². The molecule has 2 aromatic carbocycles. The van der Waals surface area contributed by atoms with E-state index in [2.05, 4.69) is 20.3 Å². The third kappa shape index (κ3) is 3.53. The van der Waals surface area contributed by atoms with E-state index in [1.807, 2.05) is 38.1 Å². The lowest BCUT2D eigenvalue weighted by Crippen LogP contribution is -2.14. The van der Waals surface area contributed by atoms with Crippen LogP contribution < -0.4 is 5.56 Å². The summed E-state index contributed by atoms with van der Waals surface area (Å²) >= 11 is 0. The first-order chi connectivity index (χ1) is 14.5. The number of pyridine rings is 1. The van der Waals surface area contributed by atoms with E-state index in [4.69, 9.17) is 0 Å². The Kier molecular flexibility index (Phi) is 5.02. The molecule has 4 aromatic rings. The van der Waals surface area contributed by atoms with Gasteiger partial charge in [-0.15, -0.1) is 10.2 Å².